The molecule has 0 aliphatic carbocycles. The minimum absolute atomic E-state index is 0.00955. The van der Waals surface area contributed by atoms with Crippen molar-refractivity contribution in [2.24, 2.45) is 0 Å². The Morgan fingerprint density at radius 1 is 0.929 bits per heavy atom. The van der Waals surface area contributed by atoms with Crippen molar-refractivity contribution in [2.75, 3.05) is 13.6 Å². The van der Waals surface area contributed by atoms with Crippen LogP contribution in [0.5, 0.6) is 0 Å². The van der Waals surface area contributed by atoms with Crippen molar-refractivity contribution in [1.29, 1.82) is 0 Å². The van der Waals surface area contributed by atoms with Gasteiger partial charge >= 0.3 is 12.1 Å². The number of fused-ring (bicyclic) bond motifs is 1. The minimum Gasteiger partial charge on any atom is -0.445 e. The van der Waals surface area contributed by atoms with Crippen LogP contribution in [0.25, 0.3) is 0 Å². The van der Waals surface area contributed by atoms with Gasteiger partial charge in [-0.3, -0.25) is 9.59 Å². The van der Waals surface area contributed by atoms with E-state index in [1.807, 2.05) is 30.3 Å². The molecule has 0 saturated heterocycles. The van der Waals surface area contributed by atoms with Gasteiger partial charge in [0.15, 0.2) is 0 Å². The van der Waals surface area contributed by atoms with Crippen LogP contribution in [-0.2, 0) is 21.0 Å². The quantitative estimate of drug-likeness (QED) is 0.712. The third-order valence-electron chi connectivity index (χ3n) is 4.12. The molecule has 0 saturated carbocycles. The van der Waals surface area contributed by atoms with Gasteiger partial charge in [-0.05, 0) is 17.7 Å². The zero-order valence-corrected chi connectivity index (χ0v) is 15.2. The summed E-state index contributed by atoms with van der Waals surface area (Å²) in [6.07, 6.45) is -0.804. The summed E-state index contributed by atoms with van der Waals surface area (Å²) in [5, 5.41) is 0.445. The van der Waals surface area contributed by atoms with E-state index < -0.39 is 23.9 Å². The van der Waals surface area contributed by atoms with E-state index in [-0.39, 0.29) is 30.7 Å². The second-order valence-corrected chi connectivity index (χ2v) is 6.13. The lowest BCUT2D eigenvalue weighted by Crippen LogP contribution is -2.35. The number of carbonyl (C=O) groups is 4. The van der Waals surface area contributed by atoms with E-state index in [2.05, 4.69) is 0 Å². The Kier molecular flexibility index (Phi) is 5.69. The number of hydrogen-bond donors (Lipinski definition) is 0. The number of nitrogens with zero attached hydrogens (tertiary/aromatic N) is 2. The monoisotopic (exact) mass is 382 g/mol. The lowest BCUT2D eigenvalue weighted by molar-refractivity contribution is -0.168. The molecule has 1 aliphatic heterocycles. The van der Waals surface area contributed by atoms with Crippen LogP contribution in [0.3, 0.4) is 0 Å². The van der Waals surface area contributed by atoms with Crippen molar-refractivity contribution < 1.29 is 28.8 Å². The highest BCUT2D eigenvalue weighted by Gasteiger charge is 2.38. The number of ether oxygens (including phenoxy) is 1. The average molecular weight is 382 g/mol. The number of hydroxylamine groups is 2. The molecule has 28 heavy (non-hydrogen) atoms. The van der Waals surface area contributed by atoms with Crippen molar-refractivity contribution in [3.63, 3.8) is 0 Å². The Bertz CT molecular complexity index is 877. The fourth-order valence-corrected chi connectivity index (χ4v) is 2.58. The Morgan fingerprint density at radius 3 is 2.11 bits per heavy atom. The van der Waals surface area contributed by atoms with Gasteiger partial charge in [-0.1, -0.05) is 47.5 Å². The number of hydrogen-bond acceptors (Lipinski definition) is 6. The maximum absolute atomic E-state index is 12.2. The van der Waals surface area contributed by atoms with Gasteiger partial charge in [0, 0.05) is 13.6 Å². The lowest BCUT2D eigenvalue weighted by Gasteiger charge is -2.17. The largest absolute Gasteiger partial charge is 0.445 e. The van der Waals surface area contributed by atoms with Crippen molar-refractivity contribution in [1.82, 2.24) is 9.96 Å². The molecule has 0 spiro atoms. The molecule has 2 aromatic carbocycles. The SMILES string of the molecule is CN(CCC(=O)ON1C(=O)c2ccccc2C1=O)C(=O)OCc1ccccc1. The highest BCUT2D eigenvalue weighted by molar-refractivity contribution is 6.20. The first-order valence-electron chi connectivity index (χ1n) is 8.58. The molecule has 1 heterocycles. The van der Waals surface area contributed by atoms with Gasteiger partial charge < -0.3 is 14.5 Å². The van der Waals surface area contributed by atoms with Crippen LogP contribution in [0.2, 0.25) is 0 Å². The van der Waals surface area contributed by atoms with Gasteiger partial charge in [0.05, 0.1) is 17.5 Å². The summed E-state index contributed by atoms with van der Waals surface area (Å²) in [5.74, 6) is -2.19. The van der Waals surface area contributed by atoms with Crippen molar-refractivity contribution >= 4 is 23.9 Å². The Hall–Kier alpha value is -3.68. The van der Waals surface area contributed by atoms with Crippen LogP contribution < -0.4 is 0 Å². The predicted octanol–water partition coefficient (Wildman–Crippen LogP) is 2.40. The normalized spacial score (nSPS) is 12.5. The molecule has 3 rings (SSSR count). The summed E-state index contributed by atoms with van der Waals surface area (Å²) in [7, 11) is 1.47. The molecular formula is C20H18N2O6. The van der Waals surface area contributed by atoms with Crippen LogP contribution in [-0.4, -0.2) is 47.4 Å². The summed E-state index contributed by atoms with van der Waals surface area (Å²) in [5.41, 5.74) is 1.21. The van der Waals surface area contributed by atoms with E-state index in [4.69, 9.17) is 9.57 Å². The maximum atomic E-state index is 12.2. The second-order valence-electron chi connectivity index (χ2n) is 6.13. The van der Waals surface area contributed by atoms with Gasteiger partial charge in [0.1, 0.15) is 6.61 Å². The van der Waals surface area contributed by atoms with Gasteiger partial charge in [0.25, 0.3) is 11.8 Å². The molecule has 0 aromatic heterocycles. The van der Waals surface area contributed by atoms with Gasteiger partial charge in [-0.2, -0.15) is 0 Å². The molecule has 0 N–H and O–H groups in total. The van der Waals surface area contributed by atoms with Crippen LogP contribution in [0.15, 0.2) is 54.6 Å². The van der Waals surface area contributed by atoms with Crippen molar-refractivity contribution in [2.45, 2.75) is 13.0 Å². The molecule has 8 heteroatoms. The first kappa shape index (κ1) is 19.1. The Labute approximate surface area is 161 Å². The fraction of sp³-hybridized carbons (Fsp3) is 0.200. The van der Waals surface area contributed by atoms with E-state index in [0.717, 1.165) is 5.56 Å². The van der Waals surface area contributed by atoms with E-state index in [0.29, 0.717) is 5.06 Å². The molecule has 0 fully saturated rings. The second kappa shape index (κ2) is 8.34. The third kappa shape index (κ3) is 4.17. The molecule has 2 aromatic rings. The summed E-state index contributed by atoms with van der Waals surface area (Å²) in [4.78, 5) is 54.4. The molecule has 0 unspecified atom stereocenters. The number of imide groups is 1. The molecule has 144 valence electrons. The zero-order valence-electron chi connectivity index (χ0n) is 15.2. The van der Waals surface area contributed by atoms with Crippen LogP contribution in [0, 0.1) is 0 Å². The van der Waals surface area contributed by atoms with Crippen molar-refractivity contribution in [3.05, 3.63) is 71.3 Å². The third-order valence-corrected chi connectivity index (χ3v) is 4.12. The Balaban J connectivity index is 1.46. The van der Waals surface area contributed by atoms with Gasteiger partial charge in [0.2, 0.25) is 0 Å². The van der Waals surface area contributed by atoms with E-state index in [1.165, 1.54) is 24.1 Å². The number of carbonyl (C=O) groups excluding carboxylic acids is 4. The molecular weight excluding hydrogens is 364 g/mol. The summed E-state index contributed by atoms with van der Waals surface area (Å²) < 4.78 is 5.15. The van der Waals surface area contributed by atoms with Crippen LogP contribution >= 0.6 is 0 Å². The molecule has 1 aliphatic rings. The van der Waals surface area contributed by atoms with Crippen molar-refractivity contribution in [3.8, 4) is 0 Å². The predicted molar refractivity (Wildman–Crippen MR) is 96.9 cm³/mol. The summed E-state index contributed by atoms with van der Waals surface area (Å²) in [6.45, 7) is 0.124. The lowest BCUT2D eigenvalue weighted by atomic mass is 10.1. The Morgan fingerprint density at radius 2 is 1.50 bits per heavy atom. The highest BCUT2D eigenvalue weighted by atomic mass is 16.7. The first-order valence-corrected chi connectivity index (χ1v) is 8.58. The molecule has 0 radical (unpaired) electrons. The topological polar surface area (TPSA) is 93.2 Å². The number of amides is 3. The molecule has 8 nitrogen and oxygen atoms in total. The van der Waals surface area contributed by atoms with Crippen LogP contribution in [0.1, 0.15) is 32.7 Å². The van der Waals surface area contributed by atoms with Gasteiger partial charge in [-0.15, -0.1) is 0 Å². The van der Waals surface area contributed by atoms with E-state index in [9.17, 15) is 19.2 Å². The van der Waals surface area contributed by atoms with Gasteiger partial charge in [-0.25, -0.2) is 9.59 Å². The first-order chi connectivity index (χ1) is 13.5. The molecule has 0 atom stereocenters. The van der Waals surface area contributed by atoms with E-state index >= 15 is 0 Å². The number of benzene rings is 2. The zero-order chi connectivity index (χ0) is 20.1. The fourth-order valence-electron chi connectivity index (χ4n) is 2.58. The van der Waals surface area contributed by atoms with E-state index in [1.54, 1.807) is 12.1 Å². The summed E-state index contributed by atoms with van der Waals surface area (Å²) >= 11 is 0. The standard InChI is InChI=1S/C20H18N2O6/c1-21(20(26)27-13-14-7-3-2-4-8-14)12-11-17(23)28-22-18(24)15-9-5-6-10-16(15)19(22)25/h2-10H,11-13H2,1H3. The minimum atomic E-state index is -0.808. The molecule has 3 amide bonds. The van der Waals surface area contributed by atoms with Crippen LogP contribution in [0.4, 0.5) is 4.79 Å². The highest BCUT2D eigenvalue weighted by Crippen LogP contribution is 2.22. The summed E-state index contributed by atoms with van der Waals surface area (Å²) in [6, 6.07) is 15.4. The number of rotatable bonds is 6. The maximum Gasteiger partial charge on any atom is 0.409 e. The molecule has 0 bridgehead atoms. The average Bonchev–Trinajstić information content (AvgIpc) is 2.96. The smallest absolute Gasteiger partial charge is 0.409 e.